The Bertz CT molecular complexity index is 1040. The number of ether oxygens (including phenoxy) is 1. The maximum absolute atomic E-state index is 12.6. The summed E-state index contributed by atoms with van der Waals surface area (Å²) in [4.78, 5) is 12.6. The topological polar surface area (TPSA) is 95.1 Å². The van der Waals surface area contributed by atoms with Gasteiger partial charge in [0.05, 0.1) is 33.7 Å². The number of halogens is 3. The molecule has 1 atom stereocenters. The Morgan fingerprint density at radius 1 is 1.21 bits per heavy atom. The van der Waals surface area contributed by atoms with Gasteiger partial charge in [-0.2, -0.15) is 0 Å². The lowest BCUT2D eigenvalue weighted by molar-refractivity contribution is -0.115. The summed E-state index contributed by atoms with van der Waals surface area (Å²) in [5.74, 6) is 6.85. The van der Waals surface area contributed by atoms with Crippen LogP contribution in [-0.4, -0.2) is 33.1 Å². The number of thioether (sulfide) groups is 1. The van der Waals surface area contributed by atoms with E-state index in [1.54, 1.807) is 20.1 Å². The molecule has 0 aliphatic heterocycles. The van der Waals surface area contributed by atoms with Gasteiger partial charge >= 0.3 is 0 Å². The van der Waals surface area contributed by atoms with Gasteiger partial charge in [-0.15, -0.1) is 10.2 Å². The van der Waals surface area contributed by atoms with Gasteiger partial charge in [0.1, 0.15) is 5.75 Å². The minimum atomic E-state index is -0.560. The van der Waals surface area contributed by atoms with Crippen LogP contribution in [0.25, 0.3) is 11.4 Å². The fourth-order valence-corrected chi connectivity index (χ4v) is 4.15. The summed E-state index contributed by atoms with van der Waals surface area (Å²) in [5.41, 5.74) is 0.979. The molecule has 2 aromatic carbocycles. The molecule has 0 radical (unpaired) electrons. The highest BCUT2D eigenvalue weighted by Crippen LogP contribution is 2.35. The first-order valence-electron chi connectivity index (χ1n) is 8.27. The number of carbonyl (C=O) groups excluding carboxylic acids is 1. The summed E-state index contributed by atoms with van der Waals surface area (Å²) in [6.45, 7) is 1.70. The van der Waals surface area contributed by atoms with Gasteiger partial charge in [-0.25, -0.2) is 4.68 Å². The molecular weight excluding hydrogens is 457 g/mol. The van der Waals surface area contributed by atoms with Gasteiger partial charge in [0.15, 0.2) is 5.82 Å². The lowest BCUT2D eigenvalue weighted by Crippen LogP contribution is -2.24. The molecule has 0 spiro atoms. The highest BCUT2D eigenvalue weighted by Gasteiger charge is 2.22. The van der Waals surface area contributed by atoms with Crippen LogP contribution in [0.5, 0.6) is 5.75 Å². The highest BCUT2D eigenvalue weighted by atomic mass is 35.5. The number of amides is 1. The van der Waals surface area contributed by atoms with E-state index in [0.29, 0.717) is 33.0 Å². The molecule has 0 fully saturated rings. The number of hydrogen-bond donors (Lipinski definition) is 2. The van der Waals surface area contributed by atoms with Crippen LogP contribution in [0, 0.1) is 0 Å². The number of nitrogens with zero attached hydrogens (tertiary/aromatic N) is 3. The first kappa shape index (κ1) is 21.6. The average Bonchev–Trinajstić information content (AvgIpc) is 3.04. The fraction of sp³-hybridized carbons (Fsp3) is 0.167. The van der Waals surface area contributed by atoms with Gasteiger partial charge in [-0.1, -0.05) is 58.7 Å². The second-order valence-electron chi connectivity index (χ2n) is 5.87. The molecule has 3 rings (SSSR count). The maximum Gasteiger partial charge on any atom is 0.237 e. The zero-order chi connectivity index (χ0) is 21.1. The number of nitrogens with two attached hydrogens (primary N) is 1. The standard InChI is InChI=1S/C18H16Cl3N5O2S/c1-9(17(27)23-15-12(20)7-10(19)8-13(15)21)29-18-25-24-16(26(18)22)11-5-3-4-6-14(11)28-2/h3-9H,22H2,1-2H3,(H,23,27). The number of rotatable bonds is 6. The predicted octanol–water partition coefficient (Wildman–Crippen LogP) is 4.75. The van der Waals surface area contributed by atoms with Crippen molar-refractivity contribution in [2.75, 3.05) is 18.3 Å². The van der Waals surface area contributed by atoms with E-state index in [4.69, 9.17) is 45.4 Å². The molecule has 0 bridgehead atoms. The summed E-state index contributed by atoms with van der Waals surface area (Å²) in [7, 11) is 1.56. The Morgan fingerprint density at radius 2 is 1.86 bits per heavy atom. The van der Waals surface area contributed by atoms with Crippen LogP contribution in [0.3, 0.4) is 0 Å². The smallest absolute Gasteiger partial charge is 0.237 e. The van der Waals surface area contributed by atoms with Crippen molar-refractivity contribution in [1.29, 1.82) is 0 Å². The normalized spacial score (nSPS) is 11.9. The molecular formula is C18H16Cl3N5O2S. The third-order valence-electron chi connectivity index (χ3n) is 3.92. The number of methoxy groups -OCH3 is 1. The van der Waals surface area contributed by atoms with E-state index in [1.807, 2.05) is 18.2 Å². The van der Waals surface area contributed by atoms with E-state index >= 15 is 0 Å². The molecule has 152 valence electrons. The van der Waals surface area contributed by atoms with Crippen LogP contribution in [0.15, 0.2) is 41.6 Å². The number of carbonyl (C=O) groups is 1. The van der Waals surface area contributed by atoms with E-state index in [2.05, 4.69) is 15.5 Å². The third kappa shape index (κ3) is 4.72. The summed E-state index contributed by atoms with van der Waals surface area (Å²) >= 11 is 19.3. The van der Waals surface area contributed by atoms with Crippen molar-refractivity contribution in [3.05, 3.63) is 51.5 Å². The number of nitrogen functional groups attached to an aromatic ring is 1. The average molecular weight is 473 g/mol. The summed E-state index contributed by atoms with van der Waals surface area (Å²) in [5, 5.41) is 11.6. The number of hydrogen-bond acceptors (Lipinski definition) is 6. The Balaban J connectivity index is 1.77. The van der Waals surface area contributed by atoms with Crippen LogP contribution < -0.4 is 15.9 Å². The molecule has 11 heteroatoms. The molecule has 3 N–H and O–H groups in total. The van der Waals surface area contributed by atoms with Crippen molar-refractivity contribution in [2.45, 2.75) is 17.3 Å². The highest BCUT2D eigenvalue weighted by molar-refractivity contribution is 8.00. The second-order valence-corrected chi connectivity index (χ2v) is 8.43. The van der Waals surface area contributed by atoms with Crippen LogP contribution in [0.1, 0.15) is 6.92 Å². The lowest BCUT2D eigenvalue weighted by atomic mass is 10.2. The zero-order valence-electron chi connectivity index (χ0n) is 15.3. The predicted molar refractivity (Wildman–Crippen MR) is 118 cm³/mol. The van der Waals surface area contributed by atoms with Gasteiger partial charge in [0, 0.05) is 5.02 Å². The van der Waals surface area contributed by atoms with E-state index < -0.39 is 5.25 Å². The van der Waals surface area contributed by atoms with Crippen molar-refractivity contribution in [1.82, 2.24) is 14.9 Å². The Hall–Kier alpha value is -2.13. The van der Waals surface area contributed by atoms with E-state index in [9.17, 15) is 4.79 Å². The molecule has 1 heterocycles. The Labute approximate surface area is 186 Å². The monoisotopic (exact) mass is 471 g/mol. The van der Waals surface area contributed by atoms with Crippen molar-refractivity contribution in [3.8, 4) is 17.1 Å². The molecule has 0 aliphatic rings. The summed E-state index contributed by atoms with van der Waals surface area (Å²) in [6, 6.07) is 10.3. The molecule has 1 unspecified atom stereocenters. The number of benzene rings is 2. The SMILES string of the molecule is COc1ccccc1-c1nnc(SC(C)C(=O)Nc2c(Cl)cc(Cl)cc2Cl)n1N. The number of anilines is 1. The molecule has 0 saturated heterocycles. The largest absolute Gasteiger partial charge is 0.496 e. The number of aromatic nitrogens is 3. The fourth-order valence-electron chi connectivity index (χ4n) is 2.47. The minimum Gasteiger partial charge on any atom is -0.496 e. The molecule has 0 saturated carbocycles. The van der Waals surface area contributed by atoms with Crippen molar-refractivity contribution in [2.24, 2.45) is 0 Å². The van der Waals surface area contributed by atoms with Gasteiger partial charge in [0.25, 0.3) is 0 Å². The van der Waals surface area contributed by atoms with E-state index in [0.717, 1.165) is 11.8 Å². The number of nitrogens with one attached hydrogen (secondary N) is 1. The summed E-state index contributed by atoms with van der Waals surface area (Å²) in [6.07, 6.45) is 0. The van der Waals surface area contributed by atoms with E-state index in [-0.39, 0.29) is 16.0 Å². The van der Waals surface area contributed by atoms with Crippen LogP contribution in [0.4, 0.5) is 5.69 Å². The third-order valence-corrected chi connectivity index (χ3v) is 5.79. The van der Waals surface area contributed by atoms with Crippen LogP contribution in [-0.2, 0) is 4.79 Å². The molecule has 29 heavy (non-hydrogen) atoms. The summed E-state index contributed by atoms with van der Waals surface area (Å²) < 4.78 is 6.65. The first-order valence-corrected chi connectivity index (χ1v) is 10.3. The van der Waals surface area contributed by atoms with Crippen LogP contribution >= 0.6 is 46.6 Å². The number of para-hydroxylation sites is 1. The molecule has 3 aromatic rings. The molecule has 7 nitrogen and oxygen atoms in total. The van der Waals surface area contributed by atoms with Gasteiger partial charge in [-0.3, -0.25) is 4.79 Å². The van der Waals surface area contributed by atoms with Crippen molar-refractivity contribution in [3.63, 3.8) is 0 Å². The van der Waals surface area contributed by atoms with Crippen molar-refractivity contribution >= 4 is 58.2 Å². The molecule has 1 amide bonds. The zero-order valence-corrected chi connectivity index (χ0v) is 18.4. The van der Waals surface area contributed by atoms with E-state index in [1.165, 1.54) is 16.8 Å². The van der Waals surface area contributed by atoms with Crippen LogP contribution in [0.2, 0.25) is 15.1 Å². The van der Waals surface area contributed by atoms with Gasteiger partial charge < -0.3 is 15.9 Å². The Morgan fingerprint density at radius 3 is 2.52 bits per heavy atom. The van der Waals surface area contributed by atoms with Gasteiger partial charge in [0.2, 0.25) is 11.1 Å². The second kappa shape index (κ2) is 9.13. The lowest BCUT2D eigenvalue weighted by Gasteiger charge is -2.14. The molecule has 1 aromatic heterocycles. The quantitative estimate of drug-likeness (QED) is 0.397. The molecule has 0 aliphatic carbocycles. The maximum atomic E-state index is 12.6. The first-order chi connectivity index (χ1) is 13.8. The Kier molecular flexibility index (Phi) is 6.79. The van der Waals surface area contributed by atoms with Crippen molar-refractivity contribution < 1.29 is 9.53 Å². The minimum absolute atomic E-state index is 0.244. The van der Waals surface area contributed by atoms with Gasteiger partial charge in [-0.05, 0) is 31.2 Å².